The molecule has 0 spiro atoms. The molecule has 0 aliphatic rings. The summed E-state index contributed by atoms with van der Waals surface area (Å²) in [5, 5.41) is 5.34. The van der Waals surface area contributed by atoms with E-state index in [1.54, 1.807) is 24.3 Å². The highest BCUT2D eigenvalue weighted by Crippen LogP contribution is 2.31. The van der Waals surface area contributed by atoms with E-state index in [2.05, 4.69) is 20.4 Å². The third kappa shape index (κ3) is 6.96. The van der Waals surface area contributed by atoms with Gasteiger partial charge in [0.15, 0.2) is 0 Å². The molecular formula is C24H22F3N3O4. The Kier molecular flexibility index (Phi) is 8.07. The minimum Gasteiger partial charge on any atom is -0.486 e. The fourth-order valence-electron chi connectivity index (χ4n) is 3.06. The molecule has 3 rings (SSSR count). The maximum absolute atomic E-state index is 12.9. The Bertz CT molecular complexity index is 1090. The number of alkyl halides is 3. The Morgan fingerprint density at radius 1 is 0.971 bits per heavy atom. The van der Waals surface area contributed by atoms with E-state index in [9.17, 15) is 22.8 Å². The van der Waals surface area contributed by atoms with Crippen LogP contribution in [0.5, 0.6) is 5.75 Å². The number of aromatic nitrogens is 1. The SMILES string of the molecule is COC(=O)c1ccc(OC(CCNC(=O)Nc2ccncc2)c2ccc(C(F)(F)F)cc2)cc1. The Morgan fingerprint density at radius 2 is 1.62 bits per heavy atom. The van der Waals surface area contributed by atoms with Crippen molar-refractivity contribution >= 4 is 17.7 Å². The molecule has 0 aliphatic heterocycles. The lowest BCUT2D eigenvalue weighted by molar-refractivity contribution is -0.137. The summed E-state index contributed by atoms with van der Waals surface area (Å²) < 4.78 is 49.5. The van der Waals surface area contributed by atoms with Gasteiger partial charge >= 0.3 is 18.2 Å². The first-order valence-electron chi connectivity index (χ1n) is 10.2. The van der Waals surface area contributed by atoms with Gasteiger partial charge in [0.1, 0.15) is 11.9 Å². The number of hydrogen-bond donors (Lipinski definition) is 2. The first-order chi connectivity index (χ1) is 16.3. The van der Waals surface area contributed by atoms with Crippen molar-refractivity contribution in [2.75, 3.05) is 19.0 Å². The van der Waals surface area contributed by atoms with E-state index in [0.29, 0.717) is 22.6 Å². The quantitative estimate of drug-likeness (QED) is 0.438. The lowest BCUT2D eigenvalue weighted by atomic mass is 10.0. The summed E-state index contributed by atoms with van der Waals surface area (Å²) >= 11 is 0. The Labute approximate surface area is 193 Å². The standard InChI is InChI=1S/C24H22F3N3O4/c1-33-22(31)17-4-8-20(9-5-17)34-21(16-2-6-18(7-3-16)24(25,26)27)12-15-29-23(32)30-19-10-13-28-14-11-19/h2-11,13-14,21H,12,15H2,1H3,(H2,28,29,30,32). The van der Waals surface area contributed by atoms with Gasteiger partial charge in [0.2, 0.25) is 0 Å². The number of nitrogens with zero attached hydrogens (tertiary/aromatic N) is 1. The number of carbonyl (C=O) groups is 2. The molecule has 3 aromatic rings. The zero-order valence-electron chi connectivity index (χ0n) is 18.1. The summed E-state index contributed by atoms with van der Waals surface area (Å²) in [6.45, 7) is 0.183. The van der Waals surface area contributed by atoms with E-state index < -0.39 is 29.8 Å². The molecule has 1 atom stereocenters. The fraction of sp³-hybridized carbons (Fsp3) is 0.208. The molecule has 1 aromatic heterocycles. The van der Waals surface area contributed by atoms with Crippen molar-refractivity contribution in [1.82, 2.24) is 10.3 Å². The fourth-order valence-corrected chi connectivity index (χ4v) is 3.06. The first kappa shape index (κ1) is 24.6. The number of rotatable bonds is 8. The van der Waals surface area contributed by atoms with Crippen LogP contribution in [0.2, 0.25) is 0 Å². The van der Waals surface area contributed by atoms with Crippen LogP contribution in [0.15, 0.2) is 73.1 Å². The summed E-state index contributed by atoms with van der Waals surface area (Å²) in [4.78, 5) is 27.6. The van der Waals surface area contributed by atoms with Crippen molar-refractivity contribution < 1.29 is 32.2 Å². The second kappa shape index (κ2) is 11.2. The van der Waals surface area contributed by atoms with Gasteiger partial charge in [0.05, 0.1) is 18.2 Å². The Hall–Kier alpha value is -4.08. The van der Waals surface area contributed by atoms with Gasteiger partial charge in [-0.25, -0.2) is 9.59 Å². The normalized spacial score (nSPS) is 11.9. The number of urea groups is 1. The molecule has 34 heavy (non-hydrogen) atoms. The van der Waals surface area contributed by atoms with Crippen LogP contribution in [0.1, 0.15) is 34.0 Å². The van der Waals surface area contributed by atoms with Crippen LogP contribution >= 0.6 is 0 Å². The minimum absolute atomic E-state index is 0.183. The molecule has 0 bridgehead atoms. The monoisotopic (exact) mass is 473 g/mol. The number of amides is 2. The average Bonchev–Trinajstić information content (AvgIpc) is 2.83. The topological polar surface area (TPSA) is 89.5 Å². The summed E-state index contributed by atoms with van der Waals surface area (Å²) in [5.41, 5.74) is 0.623. The molecule has 2 amide bonds. The second-order valence-corrected chi connectivity index (χ2v) is 7.15. The molecule has 0 aliphatic carbocycles. The molecule has 2 N–H and O–H groups in total. The molecule has 1 unspecified atom stereocenters. The van der Waals surface area contributed by atoms with E-state index >= 15 is 0 Å². The molecule has 0 fully saturated rings. The van der Waals surface area contributed by atoms with Crippen molar-refractivity contribution in [2.45, 2.75) is 18.7 Å². The Balaban J connectivity index is 1.69. The molecule has 7 nitrogen and oxygen atoms in total. The zero-order valence-corrected chi connectivity index (χ0v) is 18.1. The highest BCUT2D eigenvalue weighted by atomic mass is 19.4. The average molecular weight is 473 g/mol. The summed E-state index contributed by atoms with van der Waals surface area (Å²) in [5.74, 6) is -0.103. The molecule has 0 saturated heterocycles. The number of methoxy groups -OCH3 is 1. The van der Waals surface area contributed by atoms with E-state index in [1.165, 1.54) is 43.8 Å². The molecule has 2 aromatic carbocycles. The van der Waals surface area contributed by atoms with Gasteiger partial charge in [-0.05, 0) is 54.1 Å². The predicted octanol–water partition coefficient (Wildman–Crippen LogP) is 5.22. The second-order valence-electron chi connectivity index (χ2n) is 7.15. The highest BCUT2D eigenvalue weighted by molar-refractivity contribution is 5.89. The van der Waals surface area contributed by atoms with Gasteiger partial charge in [-0.2, -0.15) is 13.2 Å². The van der Waals surface area contributed by atoms with Crippen molar-refractivity contribution in [2.24, 2.45) is 0 Å². The molecule has 178 valence electrons. The van der Waals surface area contributed by atoms with Crippen molar-refractivity contribution in [3.63, 3.8) is 0 Å². The molecule has 1 heterocycles. The molecule has 10 heteroatoms. The third-order valence-electron chi connectivity index (χ3n) is 4.79. The smallest absolute Gasteiger partial charge is 0.416 e. The van der Waals surface area contributed by atoms with Gasteiger partial charge in [0, 0.05) is 31.0 Å². The number of carbonyl (C=O) groups excluding carboxylic acids is 2. The van der Waals surface area contributed by atoms with Crippen LogP contribution in [-0.2, 0) is 10.9 Å². The van der Waals surface area contributed by atoms with Crippen molar-refractivity contribution in [1.29, 1.82) is 0 Å². The lowest BCUT2D eigenvalue weighted by Crippen LogP contribution is -2.30. The number of nitrogens with one attached hydrogen (secondary N) is 2. The van der Waals surface area contributed by atoms with Gasteiger partial charge < -0.3 is 20.1 Å². The summed E-state index contributed by atoms with van der Waals surface area (Å²) in [6.07, 6.45) is -1.77. The zero-order chi connectivity index (χ0) is 24.6. The van der Waals surface area contributed by atoms with Gasteiger partial charge in [-0.3, -0.25) is 4.98 Å². The number of anilines is 1. The van der Waals surface area contributed by atoms with E-state index in [4.69, 9.17) is 4.74 Å². The van der Waals surface area contributed by atoms with E-state index in [-0.39, 0.29) is 13.0 Å². The molecule has 0 radical (unpaired) electrons. The first-order valence-corrected chi connectivity index (χ1v) is 10.2. The molecule has 0 saturated carbocycles. The minimum atomic E-state index is -4.45. The summed E-state index contributed by atoms with van der Waals surface area (Å²) in [6, 6.07) is 13.6. The van der Waals surface area contributed by atoms with E-state index in [1.807, 2.05) is 0 Å². The highest BCUT2D eigenvalue weighted by Gasteiger charge is 2.30. The Morgan fingerprint density at radius 3 is 2.21 bits per heavy atom. The van der Waals surface area contributed by atoms with E-state index in [0.717, 1.165) is 12.1 Å². The van der Waals surface area contributed by atoms with Gasteiger partial charge in [0.25, 0.3) is 0 Å². The van der Waals surface area contributed by atoms with Crippen molar-refractivity contribution in [3.8, 4) is 5.75 Å². The number of hydrogen-bond acceptors (Lipinski definition) is 5. The van der Waals surface area contributed by atoms with Crippen LogP contribution in [0.25, 0.3) is 0 Å². The lowest BCUT2D eigenvalue weighted by Gasteiger charge is -2.21. The van der Waals surface area contributed by atoms with Crippen LogP contribution in [0, 0.1) is 0 Å². The van der Waals surface area contributed by atoms with Crippen LogP contribution in [0.4, 0.5) is 23.7 Å². The largest absolute Gasteiger partial charge is 0.486 e. The van der Waals surface area contributed by atoms with Gasteiger partial charge in [-0.1, -0.05) is 12.1 Å². The third-order valence-corrected chi connectivity index (χ3v) is 4.79. The van der Waals surface area contributed by atoms with Crippen LogP contribution in [-0.4, -0.2) is 30.6 Å². The number of halogens is 3. The number of pyridine rings is 1. The summed E-state index contributed by atoms with van der Waals surface area (Å²) in [7, 11) is 1.27. The van der Waals surface area contributed by atoms with Crippen LogP contribution < -0.4 is 15.4 Å². The molecular weight excluding hydrogens is 451 g/mol. The maximum atomic E-state index is 12.9. The number of benzene rings is 2. The number of ether oxygens (including phenoxy) is 2. The van der Waals surface area contributed by atoms with Crippen molar-refractivity contribution in [3.05, 3.63) is 89.7 Å². The number of esters is 1. The van der Waals surface area contributed by atoms with Crippen LogP contribution in [0.3, 0.4) is 0 Å². The van der Waals surface area contributed by atoms with Gasteiger partial charge in [-0.15, -0.1) is 0 Å². The maximum Gasteiger partial charge on any atom is 0.416 e. The predicted molar refractivity (Wildman–Crippen MR) is 118 cm³/mol.